The second kappa shape index (κ2) is 9.41. The first-order chi connectivity index (χ1) is 13.4. The molecular weight excluding hydrogens is 363 g/mol. The Morgan fingerprint density at radius 2 is 1.75 bits per heavy atom. The van der Waals surface area contributed by atoms with Crippen LogP contribution in [-0.4, -0.2) is 16.7 Å². The highest BCUT2D eigenvalue weighted by Gasteiger charge is 2.25. The summed E-state index contributed by atoms with van der Waals surface area (Å²) in [6.45, 7) is 5.19. The monoisotopic (exact) mass is 381 g/mol. The van der Waals surface area contributed by atoms with E-state index in [1.54, 1.807) is 25.1 Å². The Labute approximate surface area is 161 Å². The van der Waals surface area contributed by atoms with E-state index in [0.29, 0.717) is 0 Å². The molecule has 2 rings (SSSR count). The van der Waals surface area contributed by atoms with Gasteiger partial charge in [-0.3, -0.25) is 15.8 Å². The molecule has 0 radical (unpaired) electrons. The molecule has 0 saturated carbocycles. The number of benzene rings is 1. The van der Waals surface area contributed by atoms with Crippen LogP contribution in [0, 0.1) is 22.5 Å². The van der Waals surface area contributed by atoms with Gasteiger partial charge in [0.2, 0.25) is 5.97 Å². The van der Waals surface area contributed by atoms with Gasteiger partial charge in [-0.15, -0.1) is 0 Å². The molecule has 2 aromatic rings. The van der Waals surface area contributed by atoms with E-state index in [1.165, 1.54) is 36.6 Å². The number of pyridine rings is 1. The summed E-state index contributed by atoms with van der Waals surface area (Å²) < 4.78 is 43.0. The molecule has 0 atom stereocenters. The summed E-state index contributed by atoms with van der Waals surface area (Å²) in [5.74, 6) is -3.30. The van der Waals surface area contributed by atoms with Gasteiger partial charge in [-0.05, 0) is 36.8 Å². The molecule has 1 aromatic heterocycles. The van der Waals surface area contributed by atoms with E-state index < -0.39 is 28.9 Å². The van der Waals surface area contributed by atoms with E-state index >= 15 is 0 Å². The molecule has 0 fully saturated rings. The van der Waals surface area contributed by atoms with Crippen LogP contribution in [0.25, 0.3) is 5.57 Å². The van der Waals surface area contributed by atoms with Crippen LogP contribution in [0.15, 0.2) is 84.6 Å². The van der Waals surface area contributed by atoms with Crippen molar-refractivity contribution in [3.63, 3.8) is 0 Å². The molecular formula is C22H18F3N3. The first-order valence-electron chi connectivity index (χ1n) is 8.31. The molecule has 0 aliphatic carbocycles. The van der Waals surface area contributed by atoms with Crippen LogP contribution in [-0.2, 0) is 0 Å². The fourth-order valence-corrected chi connectivity index (χ4v) is 2.63. The smallest absolute Gasteiger partial charge is 0.215 e. The Balaban J connectivity index is 2.90. The van der Waals surface area contributed by atoms with Crippen LogP contribution < -0.4 is 0 Å². The van der Waals surface area contributed by atoms with Gasteiger partial charge in [-0.2, -0.15) is 4.39 Å². The molecule has 142 valence electrons. The summed E-state index contributed by atoms with van der Waals surface area (Å²) in [5, 5.41) is 16.1. The van der Waals surface area contributed by atoms with Gasteiger partial charge >= 0.3 is 0 Å². The summed E-state index contributed by atoms with van der Waals surface area (Å²) in [5.41, 5.74) is -1.35. The van der Waals surface area contributed by atoms with Gasteiger partial charge in [-0.1, -0.05) is 43.0 Å². The zero-order valence-electron chi connectivity index (χ0n) is 15.1. The third-order valence-corrected chi connectivity index (χ3v) is 3.86. The lowest BCUT2D eigenvalue weighted by Gasteiger charge is -2.17. The highest BCUT2D eigenvalue weighted by molar-refractivity contribution is 6.29. The highest BCUT2D eigenvalue weighted by Crippen LogP contribution is 2.30. The average Bonchev–Trinajstić information content (AvgIpc) is 2.67. The van der Waals surface area contributed by atoms with Crippen molar-refractivity contribution in [2.75, 3.05) is 0 Å². The highest BCUT2D eigenvalue weighted by atomic mass is 19.1. The zero-order valence-corrected chi connectivity index (χ0v) is 15.1. The normalized spacial score (nSPS) is 12.6. The van der Waals surface area contributed by atoms with Crippen LogP contribution in [0.1, 0.15) is 18.2 Å². The maximum atomic E-state index is 14.3. The minimum Gasteiger partial charge on any atom is -0.299 e. The summed E-state index contributed by atoms with van der Waals surface area (Å²) in [7, 11) is 0. The second-order valence-corrected chi connectivity index (χ2v) is 5.59. The molecule has 0 spiro atoms. The van der Waals surface area contributed by atoms with Crippen molar-refractivity contribution >= 4 is 17.3 Å². The topological polar surface area (TPSA) is 60.6 Å². The molecule has 28 heavy (non-hydrogen) atoms. The third-order valence-electron chi connectivity index (χ3n) is 3.86. The lowest BCUT2D eigenvalue weighted by Crippen LogP contribution is -2.15. The van der Waals surface area contributed by atoms with E-state index in [-0.39, 0.29) is 22.4 Å². The van der Waals surface area contributed by atoms with Gasteiger partial charge in [0.1, 0.15) is 11.6 Å². The Morgan fingerprint density at radius 1 is 1.07 bits per heavy atom. The summed E-state index contributed by atoms with van der Waals surface area (Å²) >= 11 is 0. The minimum atomic E-state index is -1.37. The Bertz CT molecular complexity index is 983. The zero-order chi connectivity index (χ0) is 20.7. The molecule has 2 N–H and O–H groups in total. The van der Waals surface area contributed by atoms with Gasteiger partial charge in [-0.25, -0.2) is 8.78 Å². The van der Waals surface area contributed by atoms with Crippen LogP contribution in [0.4, 0.5) is 13.2 Å². The van der Waals surface area contributed by atoms with E-state index in [1.807, 2.05) is 0 Å². The summed E-state index contributed by atoms with van der Waals surface area (Å²) in [6, 6.07) is 7.86. The first-order valence-corrected chi connectivity index (χ1v) is 8.31. The minimum absolute atomic E-state index is 0.0675. The molecule has 3 nitrogen and oxygen atoms in total. The lowest BCUT2D eigenvalue weighted by molar-refractivity contribution is 0.579. The number of hydrogen-bond donors (Lipinski definition) is 2. The third kappa shape index (κ3) is 4.40. The second-order valence-electron chi connectivity index (χ2n) is 5.59. The number of halogens is 3. The van der Waals surface area contributed by atoms with Crippen molar-refractivity contribution in [2.24, 2.45) is 0 Å². The maximum absolute atomic E-state index is 14.3. The van der Waals surface area contributed by atoms with Crippen molar-refractivity contribution < 1.29 is 13.2 Å². The fourth-order valence-electron chi connectivity index (χ4n) is 2.63. The fraction of sp³-hybridized carbons (Fsp3) is 0.0455. The number of nitrogens with one attached hydrogen (secondary N) is 2. The molecule has 0 amide bonds. The van der Waals surface area contributed by atoms with Gasteiger partial charge in [0.15, 0.2) is 0 Å². The number of nitrogens with zero attached hydrogens (tertiary/aromatic N) is 1. The van der Waals surface area contributed by atoms with Gasteiger partial charge in [0.05, 0.1) is 22.5 Å². The van der Waals surface area contributed by atoms with E-state index in [9.17, 15) is 13.2 Å². The molecule has 6 heteroatoms. The predicted octanol–water partition coefficient (Wildman–Crippen LogP) is 5.82. The van der Waals surface area contributed by atoms with Crippen LogP contribution in [0.2, 0.25) is 0 Å². The molecule has 0 saturated heterocycles. The SMILES string of the molecule is C=C\C=C/C(=C\C)C(/C(=N)c1c(F)cccc1F)=C(/C(=N)F)c1ccccn1. The maximum Gasteiger partial charge on any atom is 0.215 e. The standard InChI is InChI=1S/C22H18F3N3/c1-3-5-9-14(4-2)18(20(22(25)27)17-12-6-7-13-28-17)21(26)19-15(23)10-8-11-16(19)24/h3-13,26-27H,1H2,2H3/b9-5-,14-4+,20-18-,26-21?,27-22?. The first kappa shape index (κ1) is 20.8. The Hall–Kier alpha value is -3.54. The van der Waals surface area contributed by atoms with Crippen LogP contribution in [0.5, 0.6) is 0 Å². The van der Waals surface area contributed by atoms with Crippen LogP contribution >= 0.6 is 0 Å². The quantitative estimate of drug-likeness (QED) is 0.461. The predicted molar refractivity (Wildman–Crippen MR) is 106 cm³/mol. The van der Waals surface area contributed by atoms with Gasteiger partial charge in [0.25, 0.3) is 0 Å². The van der Waals surface area contributed by atoms with Crippen molar-refractivity contribution in [3.8, 4) is 0 Å². The molecule has 1 aromatic carbocycles. The van der Waals surface area contributed by atoms with E-state index in [4.69, 9.17) is 10.8 Å². The van der Waals surface area contributed by atoms with Crippen molar-refractivity contribution in [3.05, 3.63) is 108 Å². The molecule has 0 aliphatic rings. The Morgan fingerprint density at radius 3 is 2.25 bits per heavy atom. The lowest BCUT2D eigenvalue weighted by atomic mass is 9.89. The number of hydrogen-bond acceptors (Lipinski definition) is 3. The number of aromatic nitrogens is 1. The van der Waals surface area contributed by atoms with Crippen LogP contribution in [0.3, 0.4) is 0 Å². The van der Waals surface area contributed by atoms with Crippen molar-refractivity contribution in [2.45, 2.75) is 6.92 Å². The largest absolute Gasteiger partial charge is 0.299 e. The average molecular weight is 381 g/mol. The molecule has 0 bridgehead atoms. The summed E-state index contributed by atoms with van der Waals surface area (Å²) in [6.07, 6.45) is 7.47. The number of rotatable bonds is 7. The Kier molecular flexibility index (Phi) is 6.98. The molecule has 0 aliphatic heterocycles. The molecule has 0 unspecified atom stereocenters. The van der Waals surface area contributed by atoms with Crippen molar-refractivity contribution in [1.82, 2.24) is 4.98 Å². The number of allylic oxidation sites excluding steroid dienone is 7. The summed E-state index contributed by atoms with van der Waals surface area (Å²) in [4.78, 5) is 4.04. The van der Waals surface area contributed by atoms with Crippen molar-refractivity contribution in [1.29, 1.82) is 10.8 Å². The van der Waals surface area contributed by atoms with Gasteiger partial charge in [0, 0.05) is 11.8 Å². The van der Waals surface area contributed by atoms with E-state index in [2.05, 4.69) is 11.6 Å². The van der Waals surface area contributed by atoms with E-state index in [0.717, 1.165) is 12.1 Å². The van der Waals surface area contributed by atoms with Gasteiger partial charge < -0.3 is 0 Å². The molecule has 1 heterocycles.